The van der Waals surface area contributed by atoms with Gasteiger partial charge in [0.15, 0.2) is 0 Å². The molecule has 1 saturated heterocycles. The first-order valence-electron chi connectivity index (χ1n) is 21.2. The fourth-order valence-corrected chi connectivity index (χ4v) is 9.60. The van der Waals surface area contributed by atoms with E-state index in [1.807, 2.05) is 24.3 Å². The van der Waals surface area contributed by atoms with Crippen LogP contribution in [0.15, 0.2) is 182 Å². The minimum absolute atomic E-state index is 0. The van der Waals surface area contributed by atoms with Crippen molar-refractivity contribution < 1.29 is 20.1 Å². The van der Waals surface area contributed by atoms with Crippen LogP contribution in [-0.2, 0) is 20.1 Å². The standard InChI is InChI=1S/C54H46N6.Ir/c1-6-18-42(19-7-1)50-36-55(39-58(50)45-24-12-4-13-25-45)34-32-41-30-31-48-53(57-37-51(43-20-8-2-9-21-43)59(40-57)46-26-14-5-15-27-46)47-28-16-17-29-49(47)60-52(44-22-10-3-11-23-44)38-56(35-33-41)54(48)60;/h1-24,26,28-29,36-41,54H,30-35H2;/q-6;. The maximum Gasteiger partial charge on any atom is 0.0530 e. The van der Waals surface area contributed by atoms with Crippen molar-refractivity contribution in [3.63, 3.8) is 0 Å². The van der Waals surface area contributed by atoms with Gasteiger partial charge >= 0.3 is 0 Å². The van der Waals surface area contributed by atoms with Crippen LogP contribution in [-0.4, -0.2) is 34.0 Å². The second-order valence-corrected chi connectivity index (χ2v) is 16.1. The van der Waals surface area contributed by atoms with Gasteiger partial charge in [0.2, 0.25) is 0 Å². The van der Waals surface area contributed by atoms with Gasteiger partial charge in [0.25, 0.3) is 0 Å². The predicted octanol–water partition coefficient (Wildman–Crippen LogP) is 11.3. The molecule has 2 atom stereocenters. The SMILES string of the molecule is [Ir].[c-]1ccccc1N1[CH-]N(CCC2CC[C-]3[C-](N4C=C(c5ccccc5)N(c5[c-]cccc5)[CH-]4)c4ccccc4N4C(c5ccccc5)=CN(CC2)C34)C=C1c1ccccc1. The van der Waals surface area contributed by atoms with Crippen molar-refractivity contribution in [2.24, 2.45) is 5.92 Å². The average molecular weight is 971 g/mol. The first-order chi connectivity index (χ1) is 29.8. The number of fused-ring (bicyclic) bond motifs is 2. The van der Waals surface area contributed by atoms with E-state index in [-0.39, 0.29) is 26.3 Å². The fourth-order valence-electron chi connectivity index (χ4n) is 9.60. The molecule has 6 aromatic rings. The number of nitrogens with zero attached hydrogens (tertiary/aromatic N) is 6. The van der Waals surface area contributed by atoms with Gasteiger partial charge < -0.3 is 29.4 Å². The summed E-state index contributed by atoms with van der Waals surface area (Å²) in [6.45, 7) is 6.47. The van der Waals surface area contributed by atoms with Crippen LogP contribution >= 0.6 is 0 Å². The first-order valence-corrected chi connectivity index (χ1v) is 21.2. The van der Waals surface area contributed by atoms with E-state index >= 15 is 0 Å². The first kappa shape index (κ1) is 39.0. The monoisotopic (exact) mass is 971 g/mol. The summed E-state index contributed by atoms with van der Waals surface area (Å²) >= 11 is 0. The summed E-state index contributed by atoms with van der Waals surface area (Å²) in [6, 6.07) is 66.2. The van der Waals surface area contributed by atoms with E-state index < -0.39 is 0 Å². The molecule has 61 heavy (non-hydrogen) atoms. The minimum Gasteiger partial charge on any atom is -0.561 e. The number of hydrogen-bond donors (Lipinski definition) is 0. The van der Waals surface area contributed by atoms with Crippen molar-refractivity contribution in [3.05, 3.63) is 242 Å². The van der Waals surface area contributed by atoms with Gasteiger partial charge in [-0.15, -0.1) is 17.4 Å². The number of hydrogen-bond acceptors (Lipinski definition) is 6. The van der Waals surface area contributed by atoms with Crippen molar-refractivity contribution >= 4 is 34.2 Å². The summed E-state index contributed by atoms with van der Waals surface area (Å²) in [5.74, 6) is 2.01. The molecule has 6 nitrogen and oxygen atoms in total. The zero-order chi connectivity index (χ0) is 39.8. The normalized spacial score (nSPS) is 19.7. The third kappa shape index (κ3) is 7.41. The Hall–Kier alpha value is -6.14. The molecule has 2 unspecified atom stereocenters. The molecule has 0 N–H and O–H groups in total. The van der Waals surface area contributed by atoms with Gasteiger partial charge in [0.1, 0.15) is 0 Å². The molecule has 0 aromatic heterocycles. The summed E-state index contributed by atoms with van der Waals surface area (Å²) < 4.78 is 0. The van der Waals surface area contributed by atoms with E-state index in [9.17, 15) is 0 Å². The van der Waals surface area contributed by atoms with Gasteiger partial charge in [-0.2, -0.15) is 92.1 Å². The summed E-state index contributed by atoms with van der Waals surface area (Å²) in [5, 5.41) is 0. The molecule has 0 aliphatic carbocycles. The van der Waals surface area contributed by atoms with Crippen LogP contribution in [0.3, 0.4) is 0 Å². The van der Waals surface area contributed by atoms with E-state index in [2.05, 4.69) is 213 Å². The van der Waals surface area contributed by atoms with E-state index in [1.165, 1.54) is 51.3 Å². The maximum absolute atomic E-state index is 3.51. The summed E-state index contributed by atoms with van der Waals surface area (Å²) in [4.78, 5) is 14.6. The number of para-hydroxylation sites is 3. The van der Waals surface area contributed by atoms with Crippen molar-refractivity contribution in [1.29, 1.82) is 0 Å². The van der Waals surface area contributed by atoms with Crippen LogP contribution < -0.4 is 14.7 Å². The third-order valence-electron chi connectivity index (χ3n) is 12.5. The Kier molecular flexibility index (Phi) is 10.9. The number of benzene rings is 6. The third-order valence-corrected chi connectivity index (χ3v) is 12.5. The molecule has 0 spiro atoms. The smallest absolute Gasteiger partial charge is 0.0530 e. The van der Waals surface area contributed by atoms with Crippen molar-refractivity contribution in [3.8, 4) is 0 Å². The molecule has 0 amide bonds. The quantitative estimate of drug-likeness (QED) is 0.134. The minimum atomic E-state index is 0. The van der Waals surface area contributed by atoms with Crippen LogP contribution in [0.4, 0.5) is 17.1 Å². The van der Waals surface area contributed by atoms with Gasteiger partial charge in [-0.25, -0.2) is 0 Å². The summed E-state index contributed by atoms with van der Waals surface area (Å²) in [5.41, 5.74) is 11.8. The zero-order valence-electron chi connectivity index (χ0n) is 33.9. The van der Waals surface area contributed by atoms with Gasteiger partial charge in [-0.05, 0) is 60.6 Å². The average Bonchev–Trinajstić information content (AvgIpc) is 4.06. The molecule has 11 rings (SSSR count). The van der Waals surface area contributed by atoms with Gasteiger partial charge in [0.05, 0.1) is 5.70 Å². The maximum atomic E-state index is 3.51. The Labute approximate surface area is 374 Å². The van der Waals surface area contributed by atoms with Crippen LogP contribution in [0.25, 0.3) is 17.1 Å². The molecular formula is C54H46IrN6-6. The molecule has 1 fully saturated rings. The molecule has 5 aliphatic rings. The molecule has 5 aliphatic heterocycles. The number of anilines is 3. The fraction of sp³-hybridized carbons (Fsp3) is 0.148. The zero-order valence-corrected chi connectivity index (χ0v) is 36.3. The molecule has 0 saturated carbocycles. The Morgan fingerprint density at radius 3 is 1.79 bits per heavy atom. The number of rotatable bonds is 9. The van der Waals surface area contributed by atoms with E-state index in [1.54, 1.807) is 0 Å². The molecule has 6 aromatic carbocycles. The Morgan fingerprint density at radius 2 is 1.15 bits per heavy atom. The molecule has 5 heterocycles. The molecule has 0 bridgehead atoms. The largest absolute Gasteiger partial charge is 0.561 e. The van der Waals surface area contributed by atoms with Crippen LogP contribution in [0, 0.1) is 43.3 Å². The van der Waals surface area contributed by atoms with Gasteiger partial charge in [-0.3, -0.25) is 12.0 Å². The van der Waals surface area contributed by atoms with Crippen LogP contribution in [0.1, 0.15) is 47.9 Å². The molecule has 1 radical (unpaired) electrons. The van der Waals surface area contributed by atoms with Crippen LogP contribution in [0.5, 0.6) is 0 Å². The molecular weight excluding hydrogens is 925 g/mol. The Morgan fingerprint density at radius 1 is 0.574 bits per heavy atom. The van der Waals surface area contributed by atoms with E-state index in [4.69, 9.17) is 0 Å². The van der Waals surface area contributed by atoms with Gasteiger partial charge in [-0.1, -0.05) is 115 Å². The second-order valence-electron chi connectivity index (χ2n) is 16.1. The second kappa shape index (κ2) is 17.1. The van der Waals surface area contributed by atoms with E-state index in [0.717, 1.165) is 55.8 Å². The topological polar surface area (TPSA) is 19.4 Å². The van der Waals surface area contributed by atoms with Gasteiger partial charge in [0, 0.05) is 44.2 Å². The molecule has 7 heteroatoms. The summed E-state index contributed by atoms with van der Waals surface area (Å²) in [6.07, 6.45) is 11.5. The van der Waals surface area contributed by atoms with Crippen molar-refractivity contribution in [2.75, 3.05) is 27.8 Å². The Bertz CT molecular complexity index is 2510. The van der Waals surface area contributed by atoms with Crippen molar-refractivity contribution in [2.45, 2.75) is 31.8 Å². The predicted molar refractivity (Wildman–Crippen MR) is 243 cm³/mol. The molecule has 307 valence electrons. The van der Waals surface area contributed by atoms with Crippen molar-refractivity contribution in [1.82, 2.24) is 14.7 Å². The summed E-state index contributed by atoms with van der Waals surface area (Å²) in [7, 11) is 0. The Balaban J connectivity index is 0.00000445. The van der Waals surface area contributed by atoms with Crippen LogP contribution in [0.2, 0.25) is 0 Å². The van der Waals surface area contributed by atoms with E-state index in [0.29, 0.717) is 5.92 Å².